The average molecular weight is 285 g/mol. The van der Waals surface area contributed by atoms with E-state index in [1.54, 1.807) is 24.3 Å². The van der Waals surface area contributed by atoms with Gasteiger partial charge in [0.25, 0.3) is 0 Å². The number of hydrogen-bond acceptors (Lipinski definition) is 3. The molecule has 1 N–H and O–H groups in total. The van der Waals surface area contributed by atoms with Crippen LogP contribution in [-0.4, -0.2) is 30.4 Å². The van der Waals surface area contributed by atoms with Crippen molar-refractivity contribution < 1.29 is 4.79 Å². The Labute approximate surface area is 126 Å². The molecule has 1 saturated heterocycles. The number of nitrogens with one attached hydrogen (secondary N) is 1. The second-order valence-corrected chi connectivity index (χ2v) is 6.08. The van der Waals surface area contributed by atoms with Gasteiger partial charge in [-0.2, -0.15) is 5.26 Å². The number of hydrogen-bond donors (Lipinski definition) is 1. The maximum atomic E-state index is 11.9. The lowest BCUT2D eigenvalue weighted by atomic mass is 9.95. The molecular formula is C17H23N3O. The van der Waals surface area contributed by atoms with Crippen LogP contribution in [0.4, 0.5) is 5.69 Å². The Morgan fingerprint density at radius 2 is 2.14 bits per heavy atom. The number of likely N-dealkylation sites (tertiary alicyclic amines) is 1. The van der Waals surface area contributed by atoms with Crippen LogP contribution in [0.1, 0.15) is 32.3 Å². The van der Waals surface area contributed by atoms with E-state index in [-0.39, 0.29) is 5.91 Å². The summed E-state index contributed by atoms with van der Waals surface area (Å²) in [6.45, 7) is 7.58. The molecule has 1 fully saturated rings. The largest absolute Gasteiger partial charge is 0.326 e. The first-order chi connectivity index (χ1) is 10.1. The molecule has 21 heavy (non-hydrogen) atoms. The minimum absolute atomic E-state index is 0.0349. The summed E-state index contributed by atoms with van der Waals surface area (Å²) in [6, 6.07) is 9.02. The van der Waals surface area contributed by atoms with E-state index < -0.39 is 0 Å². The summed E-state index contributed by atoms with van der Waals surface area (Å²) in [5.41, 5.74) is 1.35. The van der Waals surface area contributed by atoms with Crippen LogP contribution in [0.25, 0.3) is 0 Å². The van der Waals surface area contributed by atoms with Crippen LogP contribution in [0.15, 0.2) is 24.3 Å². The van der Waals surface area contributed by atoms with E-state index in [1.165, 1.54) is 6.42 Å². The van der Waals surface area contributed by atoms with Gasteiger partial charge in [-0.25, -0.2) is 0 Å². The van der Waals surface area contributed by atoms with E-state index in [1.807, 2.05) is 0 Å². The first-order valence-electron chi connectivity index (χ1n) is 7.61. The summed E-state index contributed by atoms with van der Waals surface area (Å²) in [7, 11) is 0. The van der Waals surface area contributed by atoms with Gasteiger partial charge in [0.05, 0.1) is 11.6 Å². The quantitative estimate of drug-likeness (QED) is 0.905. The van der Waals surface area contributed by atoms with Crippen LogP contribution in [0, 0.1) is 23.2 Å². The lowest BCUT2D eigenvalue weighted by molar-refractivity contribution is -0.116. The van der Waals surface area contributed by atoms with Gasteiger partial charge in [0, 0.05) is 25.2 Å². The first kappa shape index (κ1) is 15.5. The normalized spacial score (nSPS) is 18.7. The molecule has 1 aliphatic heterocycles. The third-order valence-corrected chi connectivity index (χ3v) is 4.20. The van der Waals surface area contributed by atoms with Crippen molar-refractivity contribution in [2.24, 2.45) is 11.8 Å². The standard InChI is InChI=1S/C17H23N3O/c1-13(2)15-7-9-20(12-15)10-8-17(21)19-16-5-3-14(11-18)4-6-16/h3-6,13,15H,7-10,12H2,1-2H3,(H,19,21). The van der Waals surface area contributed by atoms with E-state index in [9.17, 15) is 4.79 Å². The molecule has 1 aromatic rings. The van der Waals surface area contributed by atoms with Crippen molar-refractivity contribution in [3.63, 3.8) is 0 Å². The Kier molecular flexibility index (Phi) is 5.35. The average Bonchev–Trinajstić information content (AvgIpc) is 2.95. The van der Waals surface area contributed by atoms with E-state index in [4.69, 9.17) is 5.26 Å². The molecule has 2 rings (SSSR count). The molecule has 1 atom stereocenters. The van der Waals surface area contributed by atoms with Gasteiger partial charge in [-0.3, -0.25) is 4.79 Å². The molecule has 1 heterocycles. The zero-order valence-electron chi connectivity index (χ0n) is 12.8. The highest BCUT2D eigenvalue weighted by Gasteiger charge is 2.24. The predicted octanol–water partition coefficient (Wildman–Crippen LogP) is 2.86. The number of nitrogens with zero attached hydrogens (tertiary/aromatic N) is 2. The van der Waals surface area contributed by atoms with E-state index >= 15 is 0 Å². The van der Waals surface area contributed by atoms with Crippen molar-refractivity contribution in [3.8, 4) is 6.07 Å². The van der Waals surface area contributed by atoms with Gasteiger partial charge in [-0.1, -0.05) is 13.8 Å². The molecule has 0 spiro atoms. The second kappa shape index (κ2) is 7.24. The van der Waals surface area contributed by atoms with Gasteiger partial charge < -0.3 is 10.2 Å². The molecule has 0 bridgehead atoms. The third kappa shape index (κ3) is 4.57. The molecule has 1 aromatic carbocycles. The van der Waals surface area contributed by atoms with Gasteiger partial charge in [0.2, 0.25) is 5.91 Å². The zero-order valence-corrected chi connectivity index (χ0v) is 12.8. The maximum absolute atomic E-state index is 11.9. The van der Waals surface area contributed by atoms with Crippen molar-refractivity contribution in [3.05, 3.63) is 29.8 Å². The number of amides is 1. The molecule has 4 nitrogen and oxygen atoms in total. The van der Waals surface area contributed by atoms with Crippen molar-refractivity contribution >= 4 is 11.6 Å². The monoisotopic (exact) mass is 285 g/mol. The highest BCUT2D eigenvalue weighted by molar-refractivity contribution is 5.90. The van der Waals surface area contributed by atoms with Crippen LogP contribution in [0.5, 0.6) is 0 Å². The number of benzene rings is 1. The third-order valence-electron chi connectivity index (χ3n) is 4.20. The van der Waals surface area contributed by atoms with E-state index in [0.29, 0.717) is 12.0 Å². The highest BCUT2D eigenvalue weighted by Crippen LogP contribution is 2.23. The predicted molar refractivity (Wildman–Crippen MR) is 83.8 cm³/mol. The second-order valence-electron chi connectivity index (χ2n) is 6.08. The summed E-state index contributed by atoms with van der Waals surface area (Å²) in [6.07, 6.45) is 1.76. The fourth-order valence-corrected chi connectivity index (χ4v) is 2.72. The molecule has 1 amide bonds. The molecule has 0 aromatic heterocycles. The van der Waals surface area contributed by atoms with Gasteiger partial charge >= 0.3 is 0 Å². The fraction of sp³-hybridized carbons (Fsp3) is 0.529. The fourth-order valence-electron chi connectivity index (χ4n) is 2.72. The Morgan fingerprint density at radius 1 is 1.43 bits per heavy atom. The number of carbonyl (C=O) groups is 1. The molecule has 0 radical (unpaired) electrons. The summed E-state index contributed by atoms with van der Waals surface area (Å²) in [5.74, 6) is 1.53. The minimum Gasteiger partial charge on any atom is -0.326 e. The van der Waals surface area contributed by atoms with Crippen molar-refractivity contribution in [2.45, 2.75) is 26.7 Å². The Hall–Kier alpha value is -1.86. The molecular weight excluding hydrogens is 262 g/mol. The highest BCUT2D eigenvalue weighted by atomic mass is 16.1. The Bertz CT molecular complexity index is 516. The molecule has 1 unspecified atom stereocenters. The van der Waals surface area contributed by atoms with Gasteiger partial charge in [-0.05, 0) is 49.1 Å². The van der Waals surface area contributed by atoms with E-state index in [2.05, 4.69) is 30.1 Å². The summed E-state index contributed by atoms with van der Waals surface area (Å²) < 4.78 is 0. The molecule has 4 heteroatoms. The van der Waals surface area contributed by atoms with Gasteiger partial charge in [-0.15, -0.1) is 0 Å². The number of carbonyl (C=O) groups excluding carboxylic acids is 1. The first-order valence-corrected chi connectivity index (χ1v) is 7.61. The van der Waals surface area contributed by atoms with Crippen LogP contribution in [-0.2, 0) is 4.79 Å². The summed E-state index contributed by atoms with van der Waals surface area (Å²) in [4.78, 5) is 14.3. The lowest BCUT2D eigenvalue weighted by Crippen LogP contribution is -2.26. The van der Waals surface area contributed by atoms with Crippen molar-refractivity contribution in [1.29, 1.82) is 5.26 Å². The van der Waals surface area contributed by atoms with Crippen LogP contribution < -0.4 is 5.32 Å². The Morgan fingerprint density at radius 3 is 2.71 bits per heavy atom. The lowest BCUT2D eigenvalue weighted by Gasteiger charge is -2.17. The van der Waals surface area contributed by atoms with Gasteiger partial charge in [0.15, 0.2) is 0 Å². The molecule has 112 valence electrons. The number of nitriles is 1. The zero-order chi connectivity index (χ0) is 15.2. The number of rotatable bonds is 5. The van der Waals surface area contributed by atoms with Crippen molar-refractivity contribution in [1.82, 2.24) is 4.90 Å². The van der Waals surface area contributed by atoms with Crippen LogP contribution in [0.2, 0.25) is 0 Å². The summed E-state index contributed by atoms with van der Waals surface area (Å²) >= 11 is 0. The molecule has 0 saturated carbocycles. The van der Waals surface area contributed by atoms with Crippen molar-refractivity contribution in [2.75, 3.05) is 25.0 Å². The van der Waals surface area contributed by atoms with Gasteiger partial charge in [0.1, 0.15) is 0 Å². The minimum atomic E-state index is 0.0349. The Balaban J connectivity index is 1.74. The number of anilines is 1. The molecule has 0 aliphatic carbocycles. The smallest absolute Gasteiger partial charge is 0.225 e. The maximum Gasteiger partial charge on any atom is 0.225 e. The van der Waals surface area contributed by atoms with Crippen LogP contribution in [0.3, 0.4) is 0 Å². The molecule has 1 aliphatic rings. The topological polar surface area (TPSA) is 56.1 Å². The SMILES string of the molecule is CC(C)C1CCN(CCC(=O)Nc2ccc(C#N)cc2)C1. The van der Waals surface area contributed by atoms with Crippen LogP contribution >= 0.6 is 0 Å². The van der Waals surface area contributed by atoms with E-state index in [0.717, 1.165) is 37.2 Å². The summed E-state index contributed by atoms with van der Waals surface area (Å²) in [5, 5.41) is 11.6.